The van der Waals surface area contributed by atoms with Crippen molar-refractivity contribution in [3.8, 4) is 0 Å². The molecule has 2 aliphatic heterocycles. The van der Waals surface area contributed by atoms with Gasteiger partial charge < -0.3 is 14.6 Å². The average Bonchev–Trinajstić information content (AvgIpc) is 2.58. The van der Waals surface area contributed by atoms with Crippen LogP contribution < -0.4 is 10.0 Å². The molecule has 2 rings (SSSR count). The van der Waals surface area contributed by atoms with Crippen molar-refractivity contribution in [1.82, 2.24) is 10.0 Å². The molecular weight excluding hydrogens is 248 g/mol. The van der Waals surface area contributed by atoms with Crippen LogP contribution in [-0.4, -0.2) is 41.1 Å². The minimum absolute atomic E-state index is 0.148. The summed E-state index contributed by atoms with van der Waals surface area (Å²) < 4.78 is 21.3. The molecule has 0 radical (unpaired) electrons. The first kappa shape index (κ1) is 14.6. The Labute approximate surface area is 114 Å². The molecule has 0 aromatic heterocycles. The quantitative estimate of drug-likeness (QED) is 0.743. The van der Waals surface area contributed by atoms with Crippen molar-refractivity contribution in [1.29, 1.82) is 0 Å². The smallest absolute Gasteiger partial charge is 0.136 e. The molecule has 0 unspecified atom stereocenters. The van der Waals surface area contributed by atoms with E-state index in [1.54, 1.807) is 0 Å². The number of rotatable bonds is 2. The van der Waals surface area contributed by atoms with Crippen LogP contribution in [0.25, 0.3) is 0 Å². The van der Waals surface area contributed by atoms with Crippen molar-refractivity contribution >= 4 is 11.4 Å². The fourth-order valence-corrected chi connectivity index (χ4v) is 3.90. The molecule has 1 spiro atoms. The van der Waals surface area contributed by atoms with Gasteiger partial charge in [0, 0.05) is 16.8 Å². The topological polar surface area (TPSA) is 56.3 Å². The Morgan fingerprint density at radius 1 is 1.33 bits per heavy atom. The molecule has 106 valence electrons. The van der Waals surface area contributed by atoms with Crippen molar-refractivity contribution in [3.05, 3.63) is 0 Å². The summed E-state index contributed by atoms with van der Waals surface area (Å²) in [5, 5.41) is 3.40. The van der Waals surface area contributed by atoms with E-state index in [9.17, 15) is 4.55 Å². The van der Waals surface area contributed by atoms with Crippen LogP contribution in [0.2, 0.25) is 0 Å². The van der Waals surface area contributed by atoms with Crippen molar-refractivity contribution in [2.24, 2.45) is 5.41 Å². The van der Waals surface area contributed by atoms with Gasteiger partial charge in [-0.05, 0) is 53.6 Å². The molecule has 2 heterocycles. The van der Waals surface area contributed by atoms with Crippen LogP contribution in [0.15, 0.2) is 0 Å². The Kier molecular flexibility index (Phi) is 4.29. The summed E-state index contributed by atoms with van der Waals surface area (Å²) in [4.78, 5) is 0. The normalized spacial score (nSPS) is 33.8. The highest BCUT2D eigenvalue weighted by molar-refractivity contribution is 7.90. The maximum atomic E-state index is 12.3. The van der Waals surface area contributed by atoms with Crippen LogP contribution >= 0.6 is 0 Å². The zero-order chi connectivity index (χ0) is 13.4. The van der Waals surface area contributed by atoms with E-state index >= 15 is 0 Å². The Hall–Kier alpha value is 0.190. The average molecular weight is 274 g/mol. The molecule has 18 heavy (non-hydrogen) atoms. The predicted molar refractivity (Wildman–Crippen MR) is 74.8 cm³/mol. The molecule has 0 amide bonds. The molecule has 2 N–H and O–H groups in total. The van der Waals surface area contributed by atoms with Gasteiger partial charge >= 0.3 is 0 Å². The van der Waals surface area contributed by atoms with Gasteiger partial charge in [-0.3, -0.25) is 0 Å². The first-order chi connectivity index (χ1) is 8.35. The zero-order valence-corrected chi connectivity index (χ0v) is 12.7. The first-order valence-corrected chi connectivity index (χ1v) is 8.00. The van der Waals surface area contributed by atoms with Gasteiger partial charge in [-0.15, -0.1) is 4.72 Å². The minimum Gasteiger partial charge on any atom is -0.598 e. The van der Waals surface area contributed by atoms with Gasteiger partial charge in [0.2, 0.25) is 0 Å². The van der Waals surface area contributed by atoms with E-state index in [4.69, 9.17) is 4.74 Å². The summed E-state index contributed by atoms with van der Waals surface area (Å²) in [6, 6.07) is 0.208. The number of hydrogen-bond donors (Lipinski definition) is 2. The summed E-state index contributed by atoms with van der Waals surface area (Å²) in [5.74, 6) is 0. The Bertz CT molecular complexity index is 282. The van der Waals surface area contributed by atoms with Crippen LogP contribution in [0.4, 0.5) is 0 Å². The molecule has 0 aliphatic carbocycles. The highest BCUT2D eigenvalue weighted by Gasteiger charge is 2.51. The minimum atomic E-state index is -1.03. The fourth-order valence-electron chi connectivity index (χ4n) is 2.87. The highest BCUT2D eigenvalue weighted by atomic mass is 32.2. The van der Waals surface area contributed by atoms with Crippen LogP contribution in [0.5, 0.6) is 0 Å². The second-order valence-corrected chi connectivity index (χ2v) is 8.60. The first-order valence-electron chi connectivity index (χ1n) is 6.86. The molecule has 0 aromatic carbocycles. The van der Waals surface area contributed by atoms with E-state index in [1.807, 2.05) is 20.8 Å². The van der Waals surface area contributed by atoms with Gasteiger partial charge in [0.05, 0.1) is 18.8 Å². The molecule has 2 aliphatic rings. The van der Waals surface area contributed by atoms with Crippen LogP contribution in [0, 0.1) is 5.41 Å². The van der Waals surface area contributed by atoms with E-state index < -0.39 is 11.4 Å². The Morgan fingerprint density at radius 2 is 1.94 bits per heavy atom. The van der Waals surface area contributed by atoms with Crippen molar-refractivity contribution < 1.29 is 9.29 Å². The molecule has 2 fully saturated rings. The van der Waals surface area contributed by atoms with Gasteiger partial charge in [0.1, 0.15) is 4.75 Å². The summed E-state index contributed by atoms with van der Waals surface area (Å²) in [7, 11) is 0. The van der Waals surface area contributed by atoms with Crippen LogP contribution in [0.3, 0.4) is 0 Å². The maximum absolute atomic E-state index is 12.3. The summed E-state index contributed by atoms with van der Waals surface area (Å²) in [5.41, 5.74) is 0.172. The lowest BCUT2D eigenvalue weighted by Gasteiger charge is -2.39. The third-order valence-corrected chi connectivity index (χ3v) is 5.73. The van der Waals surface area contributed by atoms with E-state index in [2.05, 4.69) is 17.0 Å². The molecule has 3 atom stereocenters. The molecule has 0 saturated carbocycles. The summed E-state index contributed by atoms with van der Waals surface area (Å²) in [6.07, 6.45) is 2.36. The van der Waals surface area contributed by atoms with Gasteiger partial charge in [0.15, 0.2) is 0 Å². The van der Waals surface area contributed by atoms with Crippen LogP contribution in [-0.2, 0) is 16.1 Å². The highest BCUT2D eigenvalue weighted by Crippen LogP contribution is 2.41. The van der Waals surface area contributed by atoms with Gasteiger partial charge in [-0.2, -0.15) is 0 Å². The lowest BCUT2D eigenvalue weighted by molar-refractivity contribution is 0.0951. The molecular formula is C13H26N2O2S. The number of hydrogen-bond acceptors (Lipinski definition) is 4. The molecule has 4 nitrogen and oxygen atoms in total. The standard InChI is InChI=1S/C13H26N2O2S/c1-10-11(15-18(16)12(2,3)4)13(9-17-10)5-7-14-8-6-13/h10-11,14-15H,5-9H2,1-4H3/t10-,11-,18-/m1/s1. The second-order valence-electron chi connectivity index (χ2n) is 6.61. The third kappa shape index (κ3) is 2.85. The lowest BCUT2D eigenvalue weighted by atomic mass is 9.74. The van der Waals surface area contributed by atoms with Gasteiger partial charge in [0.25, 0.3) is 0 Å². The predicted octanol–water partition coefficient (Wildman–Crippen LogP) is 1.20. The fraction of sp³-hybridized carbons (Fsp3) is 1.00. The van der Waals surface area contributed by atoms with E-state index in [0.717, 1.165) is 32.5 Å². The van der Waals surface area contributed by atoms with Crippen molar-refractivity contribution in [3.63, 3.8) is 0 Å². The summed E-state index contributed by atoms with van der Waals surface area (Å²) in [6.45, 7) is 11.0. The van der Waals surface area contributed by atoms with Crippen LogP contribution in [0.1, 0.15) is 40.5 Å². The van der Waals surface area contributed by atoms with Gasteiger partial charge in [-0.25, -0.2) is 0 Å². The third-order valence-electron chi connectivity index (χ3n) is 4.15. The molecule has 0 bridgehead atoms. The number of piperidine rings is 1. The lowest BCUT2D eigenvalue weighted by Crippen LogP contribution is -2.56. The number of ether oxygens (including phenoxy) is 1. The zero-order valence-electron chi connectivity index (χ0n) is 11.9. The Balaban J connectivity index is 2.08. The SMILES string of the molecule is C[C@H]1OCC2(CCNCC2)[C@@H]1N[S@+]([O-])C(C)(C)C. The Morgan fingerprint density at radius 3 is 2.50 bits per heavy atom. The van der Waals surface area contributed by atoms with Crippen molar-refractivity contribution in [2.45, 2.75) is 57.4 Å². The van der Waals surface area contributed by atoms with Gasteiger partial charge in [-0.1, -0.05) is 0 Å². The maximum Gasteiger partial charge on any atom is 0.136 e. The van der Waals surface area contributed by atoms with E-state index in [0.29, 0.717) is 0 Å². The molecule has 0 aromatic rings. The van der Waals surface area contributed by atoms with E-state index in [1.165, 1.54) is 0 Å². The monoisotopic (exact) mass is 274 g/mol. The largest absolute Gasteiger partial charge is 0.598 e. The van der Waals surface area contributed by atoms with E-state index in [-0.39, 0.29) is 22.3 Å². The summed E-state index contributed by atoms with van der Waals surface area (Å²) >= 11 is -1.03. The second kappa shape index (κ2) is 5.29. The number of nitrogens with one attached hydrogen (secondary N) is 2. The van der Waals surface area contributed by atoms with Crippen molar-refractivity contribution in [2.75, 3.05) is 19.7 Å². The molecule has 5 heteroatoms. The molecule has 2 saturated heterocycles.